The maximum atomic E-state index is 10.6. The van der Waals surface area contributed by atoms with Crippen LogP contribution in [0.15, 0.2) is 0 Å². The zero-order valence-electron chi connectivity index (χ0n) is 12.4. The van der Waals surface area contributed by atoms with E-state index in [0.717, 1.165) is 12.8 Å². The summed E-state index contributed by atoms with van der Waals surface area (Å²) in [7, 11) is 0. The molecule has 0 spiro atoms. The van der Waals surface area contributed by atoms with Crippen molar-refractivity contribution in [3.8, 4) is 0 Å². The van der Waals surface area contributed by atoms with Crippen LogP contribution in [-0.2, 0) is 4.79 Å². The van der Waals surface area contributed by atoms with Gasteiger partial charge in [0.25, 0.3) is 0 Å². The number of rotatable bonds is 13. The average molecular weight is 290 g/mol. The molecule has 0 aromatic heterocycles. The summed E-state index contributed by atoms with van der Waals surface area (Å²) in [6.45, 7) is 3.89. The van der Waals surface area contributed by atoms with E-state index >= 15 is 0 Å². The molecular weight excluding hydrogens is 260 g/mol. The second kappa shape index (κ2) is 12.8. The van der Waals surface area contributed by atoms with E-state index < -0.39 is 11.2 Å². The summed E-state index contributed by atoms with van der Waals surface area (Å²) in [5.74, 6) is -0.270. The number of carboxylic acid groups (broad SMARTS) is 1. The quantitative estimate of drug-likeness (QED) is 0.502. The summed E-state index contributed by atoms with van der Waals surface area (Å²) in [6, 6.07) is 0. The van der Waals surface area contributed by atoms with Crippen LogP contribution in [-0.4, -0.2) is 33.3 Å². The number of unbranched alkanes of at least 4 members (excludes halogenated alkanes) is 7. The Morgan fingerprint density at radius 3 is 2.11 bits per heavy atom. The molecule has 0 amide bonds. The smallest absolute Gasteiger partial charge is 0.316 e. The van der Waals surface area contributed by atoms with Gasteiger partial charge in [-0.1, -0.05) is 58.3 Å². The van der Waals surface area contributed by atoms with Gasteiger partial charge in [-0.15, -0.1) is 11.8 Å². The van der Waals surface area contributed by atoms with Crippen LogP contribution in [0.3, 0.4) is 0 Å². The van der Waals surface area contributed by atoms with Gasteiger partial charge in [-0.3, -0.25) is 4.79 Å². The van der Waals surface area contributed by atoms with Crippen molar-refractivity contribution in [2.24, 2.45) is 0 Å². The van der Waals surface area contributed by atoms with Gasteiger partial charge < -0.3 is 10.2 Å². The Morgan fingerprint density at radius 2 is 1.58 bits per heavy atom. The molecule has 0 bridgehead atoms. The van der Waals surface area contributed by atoms with Gasteiger partial charge in [0.1, 0.15) is 0 Å². The van der Waals surface area contributed by atoms with Crippen molar-refractivity contribution in [2.75, 3.05) is 5.75 Å². The molecule has 0 aliphatic rings. The molecule has 0 fully saturated rings. The van der Waals surface area contributed by atoms with E-state index in [9.17, 15) is 9.90 Å². The predicted octanol–water partition coefficient (Wildman–Crippen LogP) is 4.08. The summed E-state index contributed by atoms with van der Waals surface area (Å²) in [5, 5.41) is 18.0. The lowest BCUT2D eigenvalue weighted by Crippen LogP contribution is -2.17. The maximum Gasteiger partial charge on any atom is 0.316 e. The first-order chi connectivity index (χ1) is 9.07. The molecule has 2 N–H and O–H groups in total. The van der Waals surface area contributed by atoms with Gasteiger partial charge in [0.05, 0.1) is 11.4 Å². The number of hydrogen-bond acceptors (Lipinski definition) is 3. The summed E-state index contributed by atoms with van der Waals surface area (Å²) >= 11 is 1.32. The third-order valence-corrected chi connectivity index (χ3v) is 4.56. The minimum absolute atomic E-state index is 0.355. The Labute approximate surface area is 122 Å². The molecule has 0 saturated carbocycles. The lowest BCUT2D eigenvalue weighted by Gasteiger charge is -2.12. The van der Waals surface area contributed by atoms with Crippen LogP contribution >= 0.6 is 11.8 Å². The molecule has 114 valence electrons. The van der Waals surface area contributed by atoms with Crippen LogP contribution in [0, 0.1) is 0 Å². The molecule has 0 saturated heterocycles. The van der Waals surface area contributed by atoms with Gasteiger partial charge in [-0.2, -0.15) is 0 Å². The Balaban J connectivity index is 3.29. The predicted molar refractivity (Wildman–Crippen MR) is 82.8 cm³/mol. The largest absolute Gasteiger partial charge is 0.480 e. The molecule has 4 heteroatoms. The normalized spacial score (nSPS) is 14.3. The van der Waals surface area contributed by atoms with Crippen LogP contribution in [0.4, 0.5) is 0 Å². The van der Waals surface area contributed by atoms with Gasteiger partial charge in [0.15, 0.2) is 0 Å². The minimum atomic E-state index is -0.802. The fourth-order valence-electron chi connectivity index (χ4n) is 1.92. The molecule has 0 aliphatic carbocycles. The highest BCUT2D eigenvalue weighted by atomic mass is 32.2. The van der Waals surface area contributed by atoms with Gasteiger partial charge in [-0.05, 0) is 13.3 Å². The van der Waals surface area contributed by atoms with E-state index in [1.807, 2.05) is 0 Å². The van der Waals surface area contributed by atoms with Crippen LogP contribution in [0.25, 0.3) is 0 Å². The summed E-state index contributed by atoms with van der Waals surface area (Å²) in [5.41, 5.74) is 0. The number of thioether (sulfide) groups is 1. The van der Waals surface area contributed by atoms with Crippen LogP contribution in [0.5, 0.6) is 0 Å². The van der Waals surface area contributed by atoms with Crippen molar-refractivity contribution in [2.45, 2.75) is 83.0 Å². The van der Waals surface area contributed by atoms with Crippen molar-refractivity contribution < 1.29 is 15.0 Å². The second-order valence-electron chi connectivity index (χ2n) is 5.23. The van der Waals surface area contributed by atoms with Crippen LogP contribution < -0.4 is 0 Å². The Bertz CT molecular complexity index is 221. The summed E-state index contributed by atoms with van der Waals surface area (Å²) in [6.07, 6.45) is 10.6. The first-order valence-corrected chi connectivity index (χ1v) is 8.65. The van der Waals surface area contributed by atoms with E-state index in [-0.39, 0.29) is 6.10 Å². The number of aliphatic hydroxyl groups excluding tert-OH is 1. The van der Waals surface area contributed by atoms with Gasteiger partial charge in [-0.25, -0.2) is 0 Å². The fourth-order valence-corrected chi connectivity index (χ4v) is 2.74. The maximum absolute atomic E-state index is 10.6. The number of carboxylic acids is 1. The number of aliphatic carboxylic acids is 1. The van der Waals surface area contributed by atoms with E-state index in [2.05, 4.69) is 6.92 Å². The molecule has 2 atom stereocenters. The van der Waals surface area contributed by atoms with Crippen molar-refractivity contribution in [3.05, 3.63) is 0 Å². The molecule has 0 heterocycles. The lowest BCUT2D eigenvalue weighted by atomic mass is 10.1. The van der Waals surface area contributed by atoms with Crippen molar-refractivity contribution >= 4 is 17.7 Å². The first-order valence-electron chi connectivity index (χ1n) is 7.60. The SMILES string of the molecule is CCCCCCCCCCC(O)CSC(C)C(=O)O. The van der Waals surface area contributed by atoms with E-state index in [4.69, 9.17) is 5.11 Å². The van der Waals surface area contributed by atoms with Crippen LogP contribution in [0.2, 0.25) is 0 Å². The zero-order valence-corrected chi connectivity index (χ0v) is 13.3. The topological polar surface area (TPSA) is 57.5 Å². The molecule has 0 radical (unpaired) electrons. The summed E-state index contributed by atoms with van der Waals surface area (Å²) < 4.78 is 0. The fraction of sp³-hybridized carbons (Fsp3) is 0.933. The molecular formula is C15H30O3S. The standard InChI is InChI=1S/C15H30O3S/c1-3-4-5-6-7-8-9-10-11-14(16)12-19-13(2)15(17)18/h13-14,16H,3-12H2,1-2H3,(H,17,18). The number of aliphatic hydroxyl groups is 1. The summed E-state index contributed by atoms with van der Waals surface area (Å²) in [4.78, 5) is 10.6. The molecule has 19 heavy (non-hydrogen) atoms. The minimum Gasteiger partial charge on any atom is -0.480 e. The Kier molecular flexibility index (Phi) is 12.6. The molecule has 0 rings (SSSR count). The molecule has 2 unspecified atom stereocenters. The van der Waals surface area contributed by atoms with E-state index in [0.29, 0.717) is 5.75 Å². The molecule has 0 aromatic rings. The van der Waals surface area contributed by atoms with Gasteiger partial charge >= 0.3 is 5.97 Å². The monoisotopic (exact) mass is 290 g/mol. The van der Waals surface area contributed by atoms with Crippen LogP contribution in [0.1, 0.15) is 71.6 Å². The van der Waals surface area contributed by atoms with Gasteiger partial charge in [0, 0.05) is 5.75 Å². The van der Waals surface area contributed by atoms with Crippen molar-refractivity contribution in [3.63, 3.8) is 0 Å². The second-order valence-corrected chi connectivity index (χ2v) is 6.60. The third-order valence-electron chi connectivity index (χ3n) is 3.28. The van der Waals surface area contributed by atoms with Crippen molar-refractivity contribution in [1.29, 1.82) is 0 Å². The Morgan fingerprint density at radius 1 is 1.05 bits per heavy atom. The van der Waals surface area contributed by atoms with E-state index in [1.54, 1.807) is 6.92 Å². The zero-order chi connectivity index (χ0) is 14.5. The van der Waals surface area contributed by atoms with E-state index in [1.165, 1.54) is 56.7 Å². The average Bonchev–Trinajstić information content (AvgIpc) is 2.38. The highest BCUT2D eigenvalue weighted by Gasteiger charge is 2.13. The number of carbonyl (C=O) groups is 1. The Hall–Kier alpha value is -0.220. The lowest BCUT2D eigenvalue weighted by molar-refractivity contribution is -0.136. The molecule has 3 nitrogen and oxygen atoms in total. The third kappa shape index (κ3) is 12.6. The highest BCUT2D eigenvalue weighted by Crippen LogP contribution is 2.16. The number of hydrogen-bond donors (Lipinski definition) is 2. The van der Waals surface area contributed by atoms with Crippen molar-refractivity contribution in [1.82, 2.24) is 0 Å². The highest BCUT2D eigenvalue weighted by molar-refractivity contribution is 8.00. The molecule has 0 aliphatic heterocycles. The van der Waals surface area contributed by atoms with Gasteiger partial charge in [0.2, 0.25) is 0 Å². The molecule has 0 aromatic carbocycles. The first kappa shape index (κ1) is 18.8.